The van der Waals surface area contributed by atoms with Crippen LogP contribution in [0.3, 0.4) is 0 Å². The average molecular weight is 523 g/mol. The number of rotatable bonds is 6. The first kappa shape index (κ1) is 23.3. The molecule has 6 aromatic rings. The van der Waals surface area contributed by atoms with Crippen LogP contribution in [0.25, 0.3) is 39.4 Å². The van der Waals surface area contributed by atoms with E-state index in [4.69, 9.17) is 9.84 Å². The normalized spacial score (nSPS) is 11.8. The highest BCUT2D eigenvalue weighted by Crippen LogP contribution is 2.27. The number of methoxy groups -OCH3 is 1. The average Bonchev–Trinajstić information content (AvgIpc) is 3.64. The van der Waals surface area contributed by atoms with Crippen LogP contribution in [0.4, 0.5) is 5.69 Å². The predicted octanol–water partition coefficient (Wildman–Crippen LogP) is 4.14. The molecule has 0 aliphatic carbocycles. The standard InChI is InChI=1S/C27H18N6O4S/c1-37-22-13-9-18(10-14-22)25-28-27-32(30-25)26(34)23(38-27)15-19-16-31(20-5-3-2-4-6-20)29-24(19)17-7-11-21(12-8-17)33(35)36/h2-16H,1H3/b23-15-. The molecule has 3 aromatic heterocycles. The minimum atomic E-state index is -0.447. The van der Waals surface area contributed by atoms with E-state index in [2.05, 4.69) is 10.1 Å². The number of ether oxygens (including phenoxy) is 1. The molecule has 0 amide bonds. The Bertz CT molecular complexity index is 1890. The molecule has 0 fully saturated rings. The number of para-hydroxylation sites is 1. The maximum atomic E-state index is 13.2. The van der Waals surface area contributed by atoms with Crippen molar-refractivity contribution in [3.63, 3.8) is 0 Å². The van der Waals surface area contributed by atoms with Gasteiger partial charge in [-0.3, -0.25) is 14.9 Å². The first-order chi connectivity index (χ1) is 18.5. The van der Waals surface area contributed by atoms with Crippen LogP contribution in [0, 0.1) is 10.1 Å². The minimum Gasteiger partial charge on any atom is -0.497 e. The molecular weight excluding hydrogens is 504 g/mol. The van der Waals surface area contributed by atoms with E-state index in [1.165, 1.54) is 28.0 Å². The van der Waals surface area contributed by atoms with E-state index in [1.807, 2.05) is 60.8 Å². The molecule has 11 heteroatoms. The van der Waals surface area contributed by atoms with Crippen LogP contribution in [0.15, 0.2) is 89.9 Å². The summed E-state index contributed by atoms with van der Waals surface area (Å²) >= 11 is 1.23. The Kier molecular flexibility index (Phi) is 5.74. The van der Waals surface area contributed by atoms with Crippen molar-refractivity contribution in [1.82, 2.24) is 24.4 Å². The minimum absolute atomic E-state index is 0.0122. The molecule has 6 rings (SSSR count). The maximum Gasteiger partial charge on any atom is 0.291 e. The van der Waals surface area contributed by atoms with Gasteiger partial charge in [0.25, 0.3) is 11.2 Å². The van der Waals surface area contributed by atoms with Crippen LogP contribution < -0.4 is 14.8 Å². The number of nitro benzene ring substituents is 1. The molecule has 0 saturated carbocycles. The summed E-state index contributed by atoms with van der Waals surface area (Å²) in [5.41, 5.74) is 3.26. The van der Waals surface area contributed by atoms with Crippen LogP contribution in [-0.2, 0) is 0 Å². The lowest BCUT2D eigenvalue weighted by atomic mass is 10.1. The van der Waals surface area contributed by atoms with Crippen LogP contribution >= 0.6 is 11.3 Å². The Morgan fingerprint density at radius 1 is 0.947 bits per heavy atom. The third-order valence-corrected chi connectivity index (χ3v) is 6.89. The van der Waals surface area contributed by atoms with Gasteiger partial charge in [-0.2, -0.15) is 14.6 Å². The van der Waals surface area contributed by atoms with Gasteiger partial charge < -0.3 is 4.74 Å². The van der Waals surface area contributed by atoms with Gasteiger partial charge in [0, 0.05) is 35.0 Å². The molecule has 0 atom stereocenters. The van der Waals surface area contributed by atoms with Crippen LogP contribution in [0.1, 0.15) is 5.56 Å². The summed E-state index contributed by atoms with van der Waals surface area (Å²) in [5, 5.41) is 20.3. The second kappa shape index (κ2) is 9.37. The van der Waals surface area contributed by atoms with E-state index in [1.54, 1.807) is 30.0 Å². The molecule has 0 aliphatic heterocycles. The zero-order chi connectivity index (χ0) is 26.2. The van der Waals surface area contributed by atoms with Crippen molar-refractivity contribution in [2.45, 2.75) is 0 Å². The number of non-ortho nitro benzene ring substituents is 1. The fraction of sp³-hybridized carbons (Fsp3) is 0.0370. The van der Waals surface area contributed by atoms with E-state index < -0.39 is 4.92 Å². The number of fused-ring (bicyclic) bond motifs is 1. The summed E-state index contributed by atoms with van der Waals surface area (Å²) < 4.78 is 8.64. The van der Waals surface area contributed by atoms with Gasteiger partial charge >= 0.3 is 0 Å². The zero-order valence-electron chi connectivity index (χ0n) is 19.9. The van der Waals surface area contributed by atoms with E-state index in [0.717, 1.165) is 17.0 Å². The molecule has 0 aliphatic rings. The van der Waals surface area contributed by atoms with E-state index in [0.29, 0.717) is 32.1 Å². The van der Waals surface area contributed by atoms with Crippen molar-refractivity contribution in [2.24, 2.45) is 0 Å². The van der Waals surface area contributed by atoms with Crippen LogP contribution in [0.2, 0.25) is 0 Å². The SMILES string of the molecule is COc1ccc(-c2nc3s/c(=C\c4cn(-c5ccccc5)nc4-c4ccc([N+](=O)[O-])cc4)c(=O)n3n2)cc1. The van der Waals surface area contributed by atoms with Crippen LogP contribution in [-0.4, -0.2) is 36.4 Å². The largest absolute Gasteiger partial charge is 0.497 e. The summed E-state index contributed by atoms with van der Waals surface area (Å²) in [5.74, 6) is 1.17. The number of aromatic nitrogens is 5. The summed E-state index contributed by atoms with van der Waals surface area (Å²) in [6, 6.07) is 23.0. The molecule has 0 radical (unpaired) electrons. The molecule has 38 heavy (non-hydrogen) atoms. The second-order valence-corrected chi connectivity index (χ2v) is 9.30. The molecule has 0 spiro atoms. The Balaban J connectivity index is 1.45. The zero-order valence-corrected chi connectivity index (χ0v) is 20.7. The molecule has 10 nitrogen and oxygen atoms in total. The number of hydrogen-bond acceptors (Lipinski definition) is 8. The van der Waals surface area contributed by atoms with E-state index in [9.17, 15) is 14.9 Å². The van der Waals surface area contributed by atoms with Crippen molar-refractivity contribution in [3.05, 3.63) is 116 Å². The molecule has 0 N–H and O–H groups in total. The van der Waals surface area contributed by atoms with Gasteiger partial charge in [0.15, 0.2) is 5.82 Å². The number of benzene rings is 3. The second-order valence-electron chi connectivity index (χ2n) is 8.29. The smallest absolute Gasteiger partial charge is 0.291 e. The van der Waals surface area contributed by atoms with Gasteiger partial charge in [-0.1, -0.05) is 29.5 Å². The Labute approximate surface area is 218 Å². The number of nitrogens with zero attached hydrogens (tertiary/aromatic N) is 6. The highest BCUT2D eigenvalue weighted by atomic mass is 32.1. The molecule has 3 heterocycles. The lowest BCUT2D eigenvalue weighted by Gasteiger charge is -2.00. The molecule has 0 saturated heterocycles. The topological polar surface area (TPSA) is 117 Å². The lowest BCUT2D eigenvalue weighted by molar-refractivity contribution is -0.384. The van der Waals surface area contributed by atoms with Gasteiger partial charge in [-0.15, -0.1) is 5.10 Å². The monoisotopic (exact) mass is 522 g/mol. The van der Waals surface area contributed by atoms with Crippen molar-refractivity contribution >= 4 is 28.1 Å². The number of thiazole rings is 1. The van der Waals surface area contributed by atoms with Crippen molar-refractivity contribution in [3.8, 4) is 34.1 Å². The van der Waals surface area contributed by atoms with Gasteiger partial charge in [0.05, 0.1) is 22.3 Å². The van der Waals surface area contributed by atoms with Crippen molar-refractivity contribution in [2.75, 3.05) is 7.11 Å². The highest BCUT2D eigenvalue weighted by molar-refractivity contribution is 7.15. The maximum absolute atomic E-state index is 13.2. The van der Waals surface area contributed by atoms with E-state index in [-0.39, 0.29) is 11.2 Å². The first-order valence-corrected chi connectivity index (χ1v) is 12.3. The van der Waals surface area contributed by atoms with Gasteiger partial charge in [0.1, 0.15) is 11.4 Å². The molecular formula is C27H18N6O4S. The van der Waals surface area contributed by atoms with E-state index >= 15 is 0 Å². The fourth-order valence-electron chi connectivity index (χ4n) is 4.01. The molecule has 0 unspecified atom stereocenters. The Hall–Kier alpha value is -5.16. The summed E-state index contributed by atoms with van der Waals surface area (Å²) in [6.45, 7) is 0. The Morgan fingerprint density at radius 2 is 1.66 bits per heavy atom. The third kappa shape index (κ3) is 4.20. The van der Waals surface area contributed by atoms with Gasteiger partial charge in [-0.25, -0.2) is 4.68 Å². The quantitative estimate of drug-likeness (QED) is 0.238. The first-order valence-electron chi connectivity index (χ1n) is 11.5. The van der Waals surface area contributed by atoms with Crippen LogP contribution in [0.5, 0.6) is 5.75 Å². The highest BCUT2D eigenvalue weighted by Gasteiger charge is 2.16. The van der Waals surface area contributed by atoms with Crippen molar-refractivity contribution in [1.29, 1.82) is 0 Å². The van der Waals surface area contributed by atoms with Gasteiger partial charge in [0.2, 0.25) is 4.96 Å². The summed E-state index contributed by atoms with van der Waals surface area (Å²) in [7, 11) is 1.60. The fourth-order valence-corrected chi connectivity index (χ4v) is 4.91. The summed E-state index contributed by atoms with van der Waals surface area (Å²) in [4.78, 5) is 28.9. The number of nitro groups is 1. The molecule has 186 valence electrons. The lowest BCUT2D eigenvalue weighted by Crippen LogP contribution is -2.23. The Morgan fingerprint density at radius 3 is 2.32 bits per heavy atom. The molecule has 0 bridgehead atoms. The van der Waals surface area contributed by atoms with Gasteiger partial charge in [-0.05, 0) is 54.6 Å². The van der Waals surface area contributed by atoms with Crippen molar-refractivity contribution < 1.29 is 9.66 Å². The predicted molar refractivity (Wildman–Crippen MR) is 144 cm³/mol. The molecule has 3 aromatic carbocycles. The summed E-state index contributed by atoms with van der Waals surface area (Å²) in [6.07, 6.45) is 3.57. The number of hydrogen-bond donors (Lipinski definition) is 0. The third-order valence-electron chi connectivity index (χ3n) is 5.93.